The molecule has 2 fully saturated rings. The van der Waals surface area contributed by atoms with Crippen molar-refractivity contribution in [2.75, 3.05) is 11.5 Å². The Balaban J connectivity index is 1.37. The zero-order chi connectivity index (χ0) is 30.8. The van der Waals surface area contributed by atoms with E-state index < -0.39 is 61.0 Å². The summed E-state index contributed by atoms with van der Waals surface area (Å²) in [7, 11) is 0. The molecule has 2 saturated heterocycles. The standard InChI is InChI=1S/C33H36FNO8/c1-18-2-10-22(11-3-18)35-29(24(33(35)42)13-14-25(37)20-6-8-21(34)9-7-20)23-12-4-19(16-26(23)38)5-15-27-30(39)32(41)31(40)28(17-36)43-27/h2-12,15-16,24-25,27-32,36-41H,13-14,17H2,1H3/t24-,25+,27+,28?,29-,30?,31-,32-/m1/s1. The normalized spacial score (nSPS) is 28.2. The van der Waals surface area contributed by atoms with Crippen molar-refractivity contribution < 1.29 is 44.6 Å². The van der Waals surface area contributed by atoms with E-state index in [0.29, 0.717) is 28.8 Å². The highest BCUT2D eigenvalue weighted by Crippen LogP contribution is 2.48. The summed E-state index contributed by atoms with van der Waals surface area (Å²) in [6, 6.07) is 17.5. The largest absolute Gasteiger partial charge is 0.508 e. The summed E-state index contributed by atoms with van der Waals surface area (Å²) >= 11 is 0. The van der Waals surface area contributed by atoms with Crippen LogP contribution in [0.4, 0.5) is 10.1 Å². The van der Waals surface area contributed by atoms with Crippen LogP contribution in [0.1, 0.15) is 47.2 Å². The number of phenolic OH excluding ortho intramolecular Hbond substituents is 1. The minimum atomic E-state index is -1.50. The van der Waals surface area contributed by atoms with E-state index >= 15 is 0 Å². The summed E-state index contributed by atoms with van der Waals surface area (Å²) in [6.45, 7) is 1.41. The Bertz CT molecular complexity index is 1440. The summed E-state index contributed by atoms with van der Waals surface area (Å²) in [5.41, 5.74) is 3.34. The Morgan fingerprint density at radius 2 is 1.67 bits per heavy atom. The second kappa shape index (κ2) is 12.9. The molecule has 228 valence electrons. The highest BCUT2D eigenvalue weighted by Gasteiger charge is 2.49. The van der Waals surface area contributed by atoms with E-state index in [1.165, 1.54) is 36.4 Å². The lowest BCUT2D eigenvalue weighted by atomic mass is 9.77. The first-order valence-electron chi connectivity index (χ1n) is 14.2. The number of halogens is 1. The number of anilines is 1. The van der Waals surface area contributed by atoms with Gasteiger partial charge >= 0.3 is 0 Å². The number of aromatic hydroxyl groups is 1. The molecule has 0 radical (unpaired) electrons. The van der Waals surface area contributed by atoms with Gasteiger partial charge in [0.1, 0.15) is 42.1 Å². The van der Waals surface area contributed by atoms with E-state index in [-0.39, 0.29) is 18.1 Å². The average molecular weight is 594 g/mol. The number of β-lactam (4-membered cyclic amide) rings is 1. The fourth-order valence-corrected chi connectivity index (χ4v) is 5.78. The molecular weight excluding hydrogens is 557 g/mol. The third kappa shape index (κ3) is 6.35. The summed E-state index contributed by atoms with van der Waals surface area (Å²) in [5, 5.41) is 61.6. The van der Waals surface area contributed by atoms with Gasteiger partial charge in [-0.1, -0.05) is 54.1 Å². The quantitative estimate of drug-likeness (QED) is 0.207. The van der Waals surface area contributed by atoms with Gasteiger partial charge in [-0.25, -0.2) is 4.39 Å². The van der Waals surface area contributed by atoms with Crippen LogP contribution in [0.3, 0.4) is 0 Å². The molecule has 0 spiro atoms. The van der Waals surface area contributed by atoms with Crippen molar-refractivity contribution >= 4 is 17.7 Å². The molecule has 10 heteroatoms. The lowest BCUT2D eigenvalue weighted by molar-refractivity contribution is -0.216. The predicted octanol–water partition coefficient (Wildman–Crippen LogP) is 2.91. The molecule has 0 bridgehead atoms. The van der Waals surface area contributed by atoms with Gasteiger partial charge in [0.05, 0.1) is 24.7 Å². The van der Waals surface area contributed by atoms with Crippen molar-refractivity contribution in [3.05, 3.63) is 101 Å². The van der Waals surface area contributed by atoms with Crippen LogP contribution < -0.4 is 4.90 Å². The molecule has 2 unspecified atom stereocenters. The summed E-state index contributed by atoms with van der Waals surface area (Å²) in [4.78, 5) is 15.1. The molecule has 6 N–H and O–H groups in total. The van der Waals surface area contributed by atoms with Crippen LogP contribution in [0.25, 0.3) is 6.08 Å². The first-order chi connectivity index (χ1) is 20.6. The molecule has 0 saturated carbocycles. The van der Waals surface area contributed by atoms with E-state index in [2.05, 4.69) is 0 Å². The number of carbonyl (C=O) groups excluding carboxylic acids is 1. The van der Waals surface area contributed by atoms with Crippen LogP contribution in [-0.2, 0) is 9.53 Å². The van der Waals surface area contributed by atoms with Crippen molar-refractivity contribution in [2.45, 2.75) is 62.4 Å². The zero-order valence-electron chi connectivity index (χ0n) is 23.6. The van der Waals surface area contributed by atoms with E-state index in [1.54, 1.807) is 23.1 Å². The Hall–Kier alpha value is -3.64. The minimum absolute atomic E-state index is 0.0605. The van der Waals surface area contributed by atoms with Gasteiger partial charge in [0.25, 0.3) is 0 Å². The molecule has 1 amide bonds. The Labute approximate surface area is 248 Å². The van der Waals surface area contributed by atoms with Gasteiger partial charge in [-0.3, -0.25) is 4.79 Å². The second-order valence-electron chi connectivity index (χ2n) is 11.2. The van der Waals surface area contributed by atoms with Crippen molar-refractivity contribution in [1.29, 1.82) is 0 Å². The Morgan fingerprint density at radius 1 is 0.977 bits per heavy atom. The van der Waals surface area contributed by atoms with Crippen LogP contribution >= 0.6 is 0 Å². The minimum Gasteiger partial charge on any atom is -0.508 e. The number of benzene rings is 3. The SMILES string of the molecule is Cc1ccc(N2C(=O)[C@H](CC[C@H](O)c3ccc(F)cc3)[C@H]2c2ccc(C=C[C@@H]3OC(CO)[C@@H](O)[C@H](O)C3O)cc2O)cc1. The van der Waals surface area contributed by atoms with Gasteiger partial charge in [0.2, 0.25) is 5.91 Å². The highest BCUT2D eigenvalue weighted by molar-refractivity contribution is 6.03. The molecule has 3 aromatic rings. The van der Waals surface area contributed by atoms with Crippen LogP contribution in [0, 0.1) is 18.7 Å². The van der Waals surface area contributed by atoms with Crippen LogP contribution in [0.15, 0.2) is 72.8 Å². The number of amides is 1. The smallest absolute Gasteiger partial charge is 0.233 e. The van der Waals surface area contributed by atoms with Gasteiger partial charge < -0.3 is 40.3 Å². The zero-order valence-corrected chi connectivity index (χ0v) is 23.6. The molecule has 2 heterocycles. The molecule has 0 aromatic heterocycles. The third-order valence-corrected chi connectivity index (χ3v) is 8.31. The molecular formula is C33H36FNO8. The third-order valence-electron chi connectivity index (χ3n) is 8.31. The first kappa shape index (κ1) is 30.8. The number of hydrogen-bond acceptors (Lipinski definition) is 8. The fourth-order valence-electron chi connectivity index (χ4n) is 5.78. The molecule has 5 rings (SSSR count). The number of aryl methyl sites for hydroxylation is 1. The molecule has 2 aliphatic rings. The molecule has 43 heavy (non-hydrogen) atoms. The number of aliphatic hydroxyl groups excluding tert-OH is 5. The maximum Gasteiger partial charge on any atom is 0.233 e. The number of hydrogen-bond donors (Lipinski definition) is 6. The van der Waals surface area contributed by atoms with E-state index in [9.17, 15) is 39.8 Å². The lowest BCUT2D eigenvalue weighted by Gasteiger charge is -2.48. The van der Waals surface area contributed by atoms with E-state index in [4.69, 9.17) is 4.74 Å². The van der Waals surface area contributed by atoms with Gasteiger partial charge in [0.15, 0.2) is 0 Å². The van der Waals surface area contributed by atoms with Crippen molar-refractivity contribution in [3.63, 3.8) is 0 Å². The van der Waals surface area contributed by atoms with Crippen molar-refractivity contribution in [2.24, 2.45) is 5.92 Å². The number of aliphatic hydroxyl groups is 5. The summed E-state index contributed by atoms with van der Waals surface area (Å²) < 4.78 is 18.8. The van der Waals surface area contributed by atoms with E-state index in [1.807, 2.05) is 31.2 Å². The van der Waals surface area contributed by atoms with Crippen LogP contribution in [0.2, 0.25) is 0 Å². The topological polar surface area (TPSA) is 151 Å². The summed E-state index contributed by atoms with van der Waals surface area (Å²) in [5.74, 6) is -1.11. The number of carbonyl (C=O) groups is 1. The Kier molecular flexibility index (Phi) is 9.26. The molecule has 3 aromatic carbocycles. The molecule has 9 nitrogen and oxygen atoms in total. The molecule has 8 atom stereocenters. The second-order valence-corrected chi connectivity index (χ2v) is 11.2. The Morgan fingerprint density at radius 3 is 2.33 bits per heavy atom. The van der Waals surface area contributed by atoms with Gasteiger partial charge in [-0.15, -0.1) is 0 Å². The van der Waals surface area contributed by atoms with Crippen molar-refractivity contribution in [1.82, 2.24) is 0 Å². The first-order valence-corrected chi connectivity index (χ1v) is 14.2. The maximum absolute atomic E-state index is 13.4. The predicted molar refractivity (Wildman–Crippen MR) is 156 cm³/mol. The maximum atomic E-state index is 13.4. The fraction of sp³-hybridized carbons (Fsp3) is 0.364. The number of phenols is 1. The average Bonchev–Trinajstić information content (AvgIpc) is 3.00. The van der Waals surface area contributed by atoms with Gasteiger partial charge in [0, 0.05) is 11.3 Å². The van der Waals surface area contributed by atoms with Crippen molar-refractivity contribution in [3.8, 4) is 5.75 Å². The van der Waals surface area contributed by atoms with E-state index in [0.717, 1.165) is 5.56 Å². The highest BCUT2D eigenvalue weighted by atomic mass is 19.1. The lowest BCUT2D eigenvalue weighted by Crippen LogP contribution is -2.57. The van der Waals surface area contributed by atoms with Gasteiger partial charge in [-0.2, -0.15) is 0 Å². The summed E-state index contributed by atoms with van der Waals surface area (Å²) in [6.07, 6.45) is -3.65. The molecule has 0 aliphatic carbocycles. The van der Waals surface area contributed by atoms with Crippen LogP contribution in [-0.4, -0.2) is 73.7 Å². The number of ether oxygens (including phenoxy) is 1. The number of rotatable bonds is 9. The van der Waals surface area contributed by atoms with Crippen LogP contribution in [0.5, 0.6) is 5.75 Å². The molecule has 2 aliphatic heterocycles. The number of nitrogens with zero attached hydrogens (tertiary/aromatic N) is 1. The van der Waals surface area contributed by atoms with Gasteiger partial charge in [-0.05, 0) is 61.2 Å². The monoisotopic (exact) mass is 593 g/mol.